The lowest BCUT2D eigenvalue weighted by atomic mass is 9.80. The molecule has 0 aliphatic heterocycles. The summed E-state index contributed by atoms with van der Waals surface area (Å²) in [5.74, 6) is 6.35. The predicted molar refractivity (Wildman–Crippen MR) is 90.7 cm³/mol. The minimum absolute atomic E-state index is 0.0350. The molecule has 1 aliphatic rings. The molecule has 1 aromatic carbocycles. The molecule has 0 heterocycles. The van der Waals surface area contributed by atoms with Crippen LogP contribution in [0.25, 0.3) is 0 Å². The summed E-state index contributed by atoms with van der Waals surface area (Å²) in [4.78, 5) is 1.88. The SMILES string of the molecule is OCCN(CC#C[C@@](O)(c1ccccc1)C1CCCC1)CCO. The third-order valence-corrected chi connectivity index (χ3v) is 4.57. The number of rotatable bonds is 7. The third-order valence-electron chi connectivity index (χ3n) is 4.57. The Morgan fingerprint density at radius 1 is 1.04 bits per heavy atom. The van der Waals surface area contributed by atoms with Gasteiger partial charge in [-0.15, -0.1) is 0 Å². The van der Waals surface area contributed by atoms with E-state index in [0.29, 0.717) is 19.6 Å². The van der Waals surface area contributed by atoms with Crippen molar-refractivity contribution in [2.75, 3.05) is 32.8 Å². The Bertz CT molecular complexity index is 510. The molecule has 1 atom stereocenters. The molecule has 1 fully saturated rings. The van der Waals surface area contributed by atoms with Crippen LogP contribution in [0.3, 0.4) is 0 Å². The smallest absolute Gasteiger partial charge is 0.153 e. The monoisotopic (exact) mass is 317 g/mol. The van der Waals surface area contributed by atoms with E-state index < -0.39 is 5.60 Å². The van der Waals surface area contributed by atoms with Gasteiger partial charge in [-0.1, -0.05) is 55.0 Å². The fourth-order valence-corrected chi connectivity index (χ4v) is 3.28. The van der Waals surface area contributed by atoms with Crippen molar-refractivity contribution in [3.05, 3.63) is 35.9 Å². The first kappa shape index (κ1) is 18.0. The molecule has 4 nitrogen and oxygen atoms in total. The highest BCUT2D eigenvalue weighted by molar-refractivity contribution is 5.33. The molecule has 4 heteroatoms. The first-order valence-electron chi connectivity index (χ1n) is 8.42. The maximum absolute atomic E-state index is 11.3. The zero-order valence-corrected chi connectivity index (χ0v) is 13.6. The summed E-state index contributed by atoms with van der Waals surface area (Å²) in [5.41, 5.74) is -0.253. The molecule has 0 amide bonds. The van der Waals surface area contributed by atoms with Gasteiger partial charge < -0.3 is 15.3 Å². The highest BCUT2D eigenvalue weighted by Gasteiger charge is 2.38. The summed E-state index contributed by atoms with van der Waals surface area (Å²) in [6.07, 6.45) is 4.28. The summed E-state index contributed by atoms with van der Waals surface area (Å²) in [5, 5.41) is 29.4. The molecule has 3 N–H and O–H groups in total. The van der Waals surface area contributed by atoms with Crippen LogP contribution in [0.15, 0.2) is 30.3 Å². The lowest BCUT2D eigenvalue weighted by Crippen LogP contribution is -2.33. The zero-order chi connectivity index (χ0) is 16.5. The van der Waals surface area contributed by atoms with Gasteiger partial charge in [0.2, 0.25) is 0 Å². The maximum atomic E-state index is 11.3. The van der Waals surface area contributed by atoms with Crippen molar-refractivity contribution < 1.29 is 15.3 Å². The van der Waals surface area contributed by atoms with E-state index in [9.17, 15) is 5.11 Å². The van der Waals surface area contributed by atoms with Crippen molar-refractivity contribution in [2.45, 2.75) is 31.3 Å². The van der Waals surface area contributed by atoms with Crippen LogP contribution in [0.2, 0.25) is 0 Å². The van der Waals surface area contributed by atoms with Crippen molar-refractivity contribution in [3.8, 4) is 11.8 Å². The van der Waals surface area contributed by atoms with E-state index in [1.54, 1.807) is 0 Å². The lowest BCUT2D eigenvalue weighted by molar-refractivity contribution is 0.0367. The molecule has 0 aromatic heterocycles. The van der Waals surface area contributed by atoms with Gasteiger partial charge >= 0.3 is 0 Å². The van der Waals surface area contributed by atoms with Crippen LogP contribution >= 0.6 is 0 Å². The van der Waals surface area contributed by atoms with Gasteiger partial charge in [0.15, 0.2) is 5.60 Å². The Morgan fingerprint density at radius 2 is 1.65 bits per heavy atom. The lowest BCUT2D eigenvalue weighted by Gasteiger charge is -2.29. The van der Waals surface area contributed by atoms with Gasteiger partial charge in [0.05, 0.1) is 19.8 Å². The summed E-state index contributed by atoms with van der Waals surface area (Å²) in [7, 11) is 0. The molecule has 1 aliphatic carbocycles. The normalized spacial score (nSPS) is 17.7. The van der Waals surface area contributed by atoms with Crippen molar-refractivity contribution in [2.24, 2.45) is 5.92 Å². The summed E-state index contributed by atoms with van der Waals surface area (Å²) >= 11 is 0. The summed E-state index contributed by atoms with van der Waals surface area (Å²) in [6, 6.07) is 9.68. The summed E-state index contributed by atoms with van der Waals surface area (Å²) in [6.45, 7) is 1.45. The van der Waals surface area contributed by atoms with E-state index in [2.05, 4.69) is 11.8 Å². The molecule has 0 unspecified atom stereocenters. The molecule has 126 valence electrons. The Kier molecular flexibility index (Phi) is 7.07. The number of benzene rings is 1. The van der Waals surface area contributed by atoms with Crippen LogP contribution in [0.5, 0.6) is 0 Å². The van der Waals surface area contributed by atoms with Crippen LogP contribution in [0.4, 0.5) is 0 Å². The van der Waals surface area contributed by atoms with Crippen LogP contribution in [0, 0.1) is 17.8 Å². The van der Waals surface area contributed by atoms with Crippen molar-refractivity contribution >= 4 is 0 Å². The molecule has 1 aromatic rings. The van der Waals surface area contributed by atoms with Crippen LogP contribution in [-0.2, 0) is 5.60 Å². The van der Waals surface area contributed by atoms with Gasteiger partial charge in [-0.3, -0.25) is 4.90 Å². The van der Waals surface area contributed by atoms with Gasteiger partial charge in [-0.2, -0.15) is 0 Å². The van der Waals surface area contributed by atoms with Gasteiger partial charge in [-0.05, 0) is 18.4 Å². The predicted octanol–water partition coefficient (Wildman–Crippen LogP) is 1.35. The third kappa shape index (κ3) is 4.79. The topological polar surface area (TPSA) is 63.9 Å². The molecule has 1 saturated carbocycles. The van der Waals surface area contributed by atoms with Gasteiger partial charge in [-0.25, -0.2) is 0 Å². The molecule has 0 bridgehead atoms. The van der Waals surface area contributed by atoms with Crippen LogP contribution in [-0.4, -0.2) is 53.1 Å². The van der Waals surface area contributed by atoms with Crippen LogP contribution in [0.1, 0.15) is 31.2 Å². The van der Waals surface area contributed by atoms with Gasteiger partial charge in [0, 0.05) is 19.0 Å². The molecule has 2 rings (SSSR count). The van der Waals surface area contributed by atoms with E-state index in [-0.39, 0.29) is 19.1 Å². The number of aliphatic hydroxyl groups is 3. The van der Waals surface area contributed by atoms with E-state index in [0.717, 1.165) is 31.2 Å². The molecule has 0 spiro atoms. The van der Waals surface area contributed by atoms with Crippen LogP contribution < -0.4 is 0 Å². The fraction of sp³-hybridized carbons (Fsp3) is 0.579. The Labute approximate surface area is 138 Å². The number of hydrogen-bond donors (Lipinski definition) is 3. The van der Waals surface area contributed by atoms with E-state index >= 15 is 0 Å². The zero-order valence-electron chi connectivity index (χ0n) is 13.6. The average Bonchev–Trinajstić information content (AvgIpc) is 3.11. The molecular weight excluding hydrogens is 290 g/mol. The Balaban J connectivity index is 2.17. The summed E-state index contributed by atoms with van der Waals surface area (Å²) < 4.78 is 0. The molecule has 23 heavy (non-hydrogen) atoms. The standard InChI is InChI=1S/C19H27NO3/c21-15-13-20(14-16-22)12-6-11-19(23,18-9-4-5-10-18)17-7-2-1-3-8-17/h1-3,7-8,18,21-23H,4-5,9-10,12-16H2/t19-/m1/s1. The van der Waals surface area contributed by atoms with Crippen molar-refractivity contribution in [1.29, 1.82) is 0 Å². The Hall–Kier alpha value is -1.38. The number of hydrogen-bond acceptors (Lipinski definition) is 4. The first-order valence-corrected chi connectivity index (χ1v) is 8.42. The molecule has 0 radical (unpaired) electrons. The van der Waals surface area contributed by atoms with Gasteiger partial charge in [0.1, 0.15) is 0 Å². The van der Waals surface area contributed by atoms with Crippen molar-refractivity contribution in [1.82, 2.24) is 4.90 Å². The van der Waals surface area contributed by atoms with E-state index in [1.165, 1.54) is 0 Å². The molecule has 0 saturated heterocycles. The largest absolute Gasteiger partial charge is 0.395 e. The second kappa shape index (κ2) is 9.05. The maximum Gasteiger partial charge on any atom is 0.153 e. The minimum Gasteiger partial charge on any atom is -0.395 e. The van der Waals surface area contributed by atoms with Crippen molar-refractivity contribution in [3.63, 3.8) is 0 Å². The van der Waals surface area contributed by atoms with E-state index in [1.807, 2.05) is 35.2 Å². The Morgan fingerprint density at radius 3 is 2.22 bits per heavy atom. The first-order chi connectivity index (χ1) is 11.2. The number of nitrogens with zero attached hydrogens (tertiary/aromatic N) is 1. The van der Waals surface area contributed by atoms with E-state index in [4.69, 9.17) is 10.2 Å². The highest BCUT2D eigenvalue weighted by atomic mass is 16.3. The molecular formula is C19H27NO3. The number of aliphatic hydroxyl groups excluding tert-OH is 2. The second-order valence-electron chi connectivity index (χ2n) is 6.14. The van der Waals surface area contributed by atoms with Gasteiger partial charge in [0.25, 0.3) is 0 Å². The highest BCUT2D eigenvalue weighted by Crippen LogP contribution is 2.40. The average molecular weight is 317 g/mol. The minimum atomic E-state index is -1.11. The quantitative estimate of drug-likeness (QED) is 0.664. The second-order valence-corrected chi connectivity index (χ2v) is 6.14. The fourth-order valence-electron chi connectivity index (χ4n) is 3.28.